The van der Waals surface area contributed by atoms with Crippen molar-refractivity contribution in [3.63, 3.8) is 0 Å². The molecule has 0 saturated carbocycles. The second-order valence-corrected chi connectivity index (χ2v) is 5.20. The first-order chi connectivity index (χ1) is 6.35. The van der Waals surface area contributed by atoms with E-state index in [4.69, 9.17) is 14.7 Å². The van der Waals surface area contributed by atoms with Crippen molar-refractivity contribution < 1.29 is 28.2 Å². The van der Waals surface area contributed by atoms with Crippen molar-refractivity contribution in [2.45, 2.75) is 24.4 Å². The van der Waals surface area contributed by atoms with Gasteiger partial charge in [0.05, 0.1) is 12.6 Å². The van der Waals surface area contributed by atoms with Crippen LogP contribution in [-0.2, 0) is 13.8 Å². The Hall–Kier alpha value is 0.0649. The van der Waals surface area contributed by atoms with Crippen molar-refractivity contribution in [2.75, 3.05) is 13.3 Å². The molecule has 5 atom stereocenters. The maximum Gasteiger partial charge on any atom is 0.325 e. The maximum atomic E-state index is 13.4. The van der Waals surface area contributed by atoms with Gasteiger partial charge < -0.3 is 14.7 Å². The molecule has 0 bridgehead atoms. The predicted octanol–water partition coefficient (Wildman–Crippen LogP) is -1.12. The van der Waals surface area contributed by atoms with Crippen LogP contribution < -0.4 is 0 Å². The van der Waals surface area contributed by atoms with Gasteiger partial charge in [0, 0.05) is 6.66 Å². The molecule has 0 aliphatic carbocycles. The van der Waals surface area contributed by atoms with E-state index < -0.39 is 38.6 Å². The Morgan fingerprint density at radius 1 is 1.71 bits per heavy atom. The zero-order valence-corrected chi connectivity index (χ0v) is 8.86. The number of aliphatic hydroxyl groups excluding tert-OH is 1. The summed E-state index contributed by atoms with van der Waals surface area (Å²) < 4.78 is 33.9. The van der Waals surface area contributed by atoms with E-state index in [0.717, 1.165) is 6.66 Å². The van der Waals surface area contributed by atoms with E-state index in [1.165, 1.54) is 7.85 Å². The fourth-order valence-corrected chi connectivity index (χ4v) is 2.10. The fraction of sp³-hybridized carbons (Fsp3) is 1.00. The summed E-state index contributed by atoms with van der Waals surface area (Å²) in [5.41, 5.74) is 0. The standard InChI is InChI=1S/C6H13BFO5P/c1-14(10,11)13-5-3(2-9)12-6(7)4(5)8/h3-6,9H,2,7H2,1H3,(H,10,11)/t3-,4?,5+,6-/m1/s1. The van der Waals surface area contributed by atoms with Crippen LogP contribution in [0.25, 0.3) is 0 Å². The van der Waals surface area contributed by atoms with E-state index in [1.807, 2.05) is 0 Å². The molecule has 0 amide bonds. The summed E-state index contributed by atoms with van der Waals surface area (Å²) in [5.74, 6) is 0. The highest BCUT2D eigenvalue weighted by molar-refractivity contribution is 7.51. The van der Waals surface area contributed by atoms with Crippen LogP contribution in [0.5, 0.6) is 0 Å². The lowest BCUT2D eigenvalue weighted by Crippen LogP contribution is -2.33. The first-order valence-corrected chi connectivity index (χ1v) is 6.26. The van der Waals surface area contributed by atoms with E-state index in [9.17, 15) is 8.96 Å². The van der Waals surface area contributed by atoms with Crippen LogP contribution in [-0.4, -0.2) is 55.5 Å². The Morgan fingerprint density at radius 3 is 2.71 bits per heavy atom. The lowest BCUT2D eigenvalue weighted by Gasteiger charge is -2.19. The molecule has 2 unspecified atom stereocenters. The lowest BCUT2D eigenvalue weighted by molar-refractivity contribution is 0.000581. The van der Waals surface area contributed by atoms with Crippen molar-refractivity contribution in [1.82, 2.24) is 0 Å². The topological polar surface area (TPSA) is 76.0 Å². The van der Waals surface area contributed by atoms with Crippen LogP contribution in [0.15, 0.2) is 0 Å². The van der Waals surface area contributed by atoms with E-state index in [-0.39, 0.29) is 0 Å². The highest BCUT2D eigenvalue weighted by atomic mass is 31.2. The summed E-state index contributed by atoms with van der Waals surface area (Å²) in [6.07, 6.45) is -3.54. The summed E-state index contributed by atoms with van der Waals surface area (Å²) in [5, 5.41) is 8.83. The molecule has 0 radical (unpaired) electrons. The molecule has 0 aromatic heterocycles. The van der Waals surface area contributed by atoms with Gasteiger partial charge in [0.2, 0.25) is 0 Å². The molecule has 1 fully saturated rings. The molecule has 1 aliphatic rings. The number of hydrogen-bond acceptors (Lipinski definition) is 4. The van der Waals surface area contributed by atoms with E-state index in [0.29, 0.717) is 0 Å². The van der Waals surface area contributed by atoms with Gasteiger partial charge in [-0.15, -0.1) is 0 Å². The lowest BCUT2D eigenvalue weighted by atomic mass is 9.94. The monoisotopic (exact) mass is 226 g/mol. The Morgan fingerprint density at radius 2 is 2.29 bits per heavy atom. The van der Waals surface area contributed by atoms with Crippen molar-refractivity contribution in [3.05, 3.63) is 0 Å². The highest BCUT2D eigenvalue weighted by Crippen LogP contribution is 2.42. The normalized spacial score (nSPS) is 42.3. The van der Waals surface area contributed by atoms with Crippen LogP contribution in [0.3, 0.4) is 0 Å². The van der Waals surface area contributed by atoms with Gasteiger partial charge in [0.1, 0.15) is 26.2 Å². The molecule has 1 rings (SSSR count). The van der Waals surface area contributed by atoms with Crippen LogP contribution in [0.2, 0.25) is 0 Å². The van der Waals surface area contributed by atoms with Gasteiger partial charge in [0.25, 0.3) is 0 Å². The van der Waals surface area contributed by atoms with Gasteiger partial charge in [0.15, 0.2) is 0 Å². The van der Waals surface area contributed by atoms with Crippen LogP contribution >= 0.6 is 7.60 Å². The molecular weight excluding hydrogens is 213 g/mol. The number of hydrogen-bond donors (Lipinski definition) is 2. The molecule has 0 aromatic rings. The first-order valence-electron chi connectivity index (χ1n) is 4.24. The van der Waals surface area contributed by atoms with Crippen molar-refractivity contribution in [2.24, 2.45) is 0 Å². The Bertz CT molecular complexity index is 246. The number of alkyl halides is 1. The van der Waals surface area contributed by atoms with E-state index in [2.05, 4.69) is 4.52 Å². The zero-order valence-electron chi connectivity index (χ0n) is 7.96. The van der Waals surface area contributed by atoms with E-state index in [1.54, 1.807) is 0 Å². The quantitative estimate of drug-likeness (QED) is 0.470. The van der Waals surface area contributed by atoms with Crippen molar-refractivity contribution in [3.8, 4) is 0 Å². The zero-order chi connectivity index (χ0) is 10.9. The van der Waals surface area contributed by atoms with Gasteiger partial charge in [-0.05, 0) is 0 Å². The third kappa shape index (κ3) is 2.78. The third-order valence-electron chi connectivity index (χ3n) is 2.02. The minimum Gasteiger partial charge on any atom is -0.394 e. The van der Waals surface area contributed by atoms with Crippen LogP contribution in [0.1, 0.15) is 0 Å². The summed E-state index contributed by atoms with van der Waals surface area (Å²) in [6, 6.07) is -0.733. The molecule has 2 N–H and O–H groups in total. The largest absolute Gasteiger partial charge is 0.394 e. The molecule has 0 aromatic carbocycles. The molecule has 82 valence electrons. The Balaban J connectivity index is 2.69. The molecule has 0 spiro atoms. The third-order valence-corrected chi connectivity index (χ3v) is 2.65. The fourth-order valence-electron chi connectivity index (χ4n) is 1.40. The minimum absolute atomic E-state index is 0.435. The summed E-state index contributed by atoms with van der Waals surface area (Å²) in [4.78, 5) is 8.92. The number of halogens is 1. The molecule has 14 heavy (non-hydrogen) atoms. The van der Waals surface area contributed by atoms with Crippen molar-refractivity contribution >= 4 is 15.4 Å². The smallest absolute Gasteiger partial charge is 0.325 e. The van der Waals surface area contributed by atoms with Crippen molar-refractivity contribution in [1.29, 1.82) is 0 Å². The maximum absolute atomic E-state index is 13.4. The molecular formula is C6H13BFO5P. The summed E-state index contributed by atoms with van der Waals surface area (Å²) >= 11 is 0. The summed E-state index contributed by atoms with van der Waals surface area (Å²) in [7, 11) is -2.28. The van der Waals surface area contributed by atoms with Gasteiger partial charge in [-0.25, -0.2) is 4.39 Å². The predicted molar refractivity (Wildman–Crippen MR) is 49.8 cm³/mol. The van der Waals surface area contributed by atoms with Gasteiger partial charge >= 0.3 is 7.60 Å². The Labute approximate surface area is 82.2 Å². The molecule has 1 saturated heterocycles. The average Bonchev–Trinajstić information content (AvgIpc) is 2.30. The van der Waals surface area contributed by atoms with Gasteiger partial charge in [-0.2, -0.15) is 0 Å². The van der Waals surface area contributed by atoms with Gasteiger partial charge in [-0.1, -0.05) is 0 Å². The molecule has 1 aliphatic heterocycles. The second-order valence-electron chi connectivity index (χ2n) is 3.38. The second kappa shape index (κ2) is 4.29. The molecule has 8 heteroatoms. The summed E-state index contributed by atoms with van der Waals surface area (Å²) in [6.45, 7) is 0.534. The highest BCUT2D eigenvalue weighted by Gasteiger charge is 2.45. The van der Waals surface area contributed by atoms with E-state index >= 15 is 0 Å². The SMILES string of the molecule is B[C@@H]1O[C@H](CO)[C@H](OP(C)(=O)O)C1F. The first kappa shape index (κ1) is 12.1. The number of rotatable bonds is 3. The Kier molecular flexibility index (Phi) is 3.72. The van der Waals surface area contributed by atoms with Gasteiger partial charge in [-0.3, -0.25) is 9.09 Å². The molecule has 5 nitrogen and oxygen atoms in total. The minimum atomic E-state index is -3.76. The molecule has 1 heterocycles. The average molecular weight is 226 g/mol. The van der Waals surface area contributed by atoms with Crippen LogP contribution in [0, 0.1) is 0 Å². The number of aliphatic hydroxyl groups is 1. The number of ether oxygens (including phenoxy) is 1. The van der Waals surface area contributed by atoms with Crippen LogP contribution in [0.4, 0.5) is 4.39 Å².